The zero-order chi connectivity index (χ0) is 11.5. The minimum atomic E-state index is 0.632. The molecule has 1 fully saturated rings. The van der Waals surface area contributed by atoms with E-state index in [9.17, 15) is 0 Å². The maximum atomic E-state index is 3.53. The summed E-state index contributed by atoms with van der Waals surface area (Å²) in [4.78, 5) is 2.42. The van der Waals surface area contributed by atoms with Gasteiger partial charge in [-0.15, -0.1) is 0 Å². The van der Waals surface area contributed by atoms with E-state index >= 15 is 0 Å². The van der Waals surface area contributed by atoms with Crippen LogP contribution in [-0.2, 0) is 0 Å². The van der Waals surface area contributed by atoms with Gasteiger partial charge < -0.3 is 10.2 Å². The van der Waals surface area contributed by atoms with E-state index in [1.807, 2.05) is 0 Å². The molecule has 1 aliphatic rings. The van der Waals surface area contributed by atoms with Gasteiger partial charge in [-0.1, -0.05) is 23.8 Å². The maximum absolute atomic E-state index is 3.53. The molecule has 0 spiro atoms. The summed E-state index contributed by atoms with van der Waals surface area (Å²) in [5.74, 6) is 0.632. The van der Waals surface area contributed by atoms with Crippen LogP contribution in [0.4, 0.5) is 0 Å². The third-order valence-electron chi connectivity index (χ3n) is 3.47. The summed E-state index contributed by atoms with van der Waals surface area (Å²) in [6.07, 6.45) is 0. The van der Waals surface area contributed by atoms with Crippen molar-refractivity contribution in [2.75, 3.05) is 33.2 Å². The third kappa shape index (κ3) is 2.63. The van der Waals surface area contributed by atoms with Gasteiger partial charge in [0.05, 0.1) is 0 Å². The van der Waals surface area contributed by atoms with Gasteiger partial charge in [0.15, 0.2) is 0 Å². The van der Waals surface area contributed by atoms with Gasteiger partial charge in [-0.25, -0.2) is 0 Å². The van der Waals surface area contributed by atoms with E-state index in [2.05, 4.69) is 49.3 Å². The van der Waals surface area contributed by atoms with Crippen LogP contribution in [0, 0.1) is 13.8 Å². The van der Waals surface area contributed by atoms with Crippen molar-refractivity contribution in [3.63, 3.8) is 0 Å². The van der Waals surface area contributed by atoms with Crippen LogP contribution in [0.15, 0.2) is 18.2 Å². The van der Waals surface area contributed by atoms with Gasteiger partial charge >= 0.3 is 0 Å². The second-order valence-corrected chi connectivity index (χ2v) is 5.02. The second kappa shape index (κ2) is 4.98. The predicted octanol–water partition coefficient (Wildman–Crippen LogP) is 1.92. The van der Waals surface area contributed by atoms with Gasteiger partial charge in [-0.05, 0) is 32.0 Å². The SMILES string of the molecule is Cc1ccc(C)c(C2CNCCN(C)C2)c1. The molecule has 16 heavy (non-hydrogen) atoms. The van der Waals surface area contributed by atoms with Gasteiger partial charge in [-0.2, -0.15) is 0 Å². The van der Waals surface area contributed by atoms with Crippen LogP contribution in [-0.4, -0.2) is 38.1 Å². The summed E-state index contributed by atoms with van der Waals surface area (Å²) in [5.41, 5.74) is 4.31. The van der Waals surface area contributed by atoms with Crippen molar-refractivity contribution in [3.8, 4) is 0 Å². The van der Waals surface area contributed by atoms with E-state index in [0.717, 1.165) is 26.2 Å². The minimum absolute atomic E-state index is 0.632. The molecule has 1 heterocycles. The first-order valence-electron chi connectivity index (χ1n) is 6.13. The first-order valence-corrected chi connectivity index (χ1v) is 6.13. The molecule has 1 unspecified atom stereocenters. The molecular weight excluding hydrogens is 196 g/mol. The van der Waals surface area contributed by atoms with E-state index < -0.39 is 0 Å². The summed E-state index contributed by atoms with van der Waals surface area (Å²) >= 11 is 0. The molecule has 1 N–H and O–H groups in total. The highest BCUT2D eigenvalue weighted by atomic mass is 15.1. The molecule has 0 amide bonds. The Bertz CT molecular complexity index is 360. The Morgan fingerprint density at radius 1 is 1.31 bits per heavy atom. The number of benzene rings is 1. The lowest BCUT2D eigenvalue weighted by molar-refractivity contribution is 0.342. The minimum Gasteiger partial charge on any atom is -0.315 e. The van der Waals surface area contributed by atoms with Gasteiger partial charge in [0.2, 0.25) is 0 Å². The summed E-state index contributed by atoms with van der Waals surface area (Å²) < 4.78 is 0. The Kier molecular flexibility index (Phi) is 3.62. The number of hydrogen-bond donors (Lipinski definition) is 1. The van der Waals surface area contributed by atoms with Crippen LogP contribution >= 0.6 is 0 Å². The van der Waals surface area contributed by atoms with Crippen molar-refractivity contribution in [2.24, 2.45) is 0 Å². The third-order valence-corrected chi connectivity index (χ3v) is 3.47. The Hall–Kier alpha value is -0.860. The van der Waals surface area contributed by atoms with Gasteiger partial charge in [-0.3, -0.25) is 0 Å². The molecule has 1 atom stereocenters. The number of rotatable bonds is 1. The highest BCUT2D eigenvalue weighted by molar-refractivity contribution is 5.34. The van der Waals surface area contributed by atoms with E-state index in [0.29, 0.717) is 5.92 Å². The van der Waals surface area contributed by atoms with Crippen LogP contribution in [0.1, 0.15) is 22.6 Å². The van der Waals surface area contributed by atoms with Crippen molar-refractivity contribution in [1.29, 1.82) is 0 Å². The zero-order valence-corrected chi connectivity index (χ0v) is 10.6. The molecule has 2 nitrogen and oxygen atoms in total. The number of nitrogens with zero attached hydrogens (tertiary/aromatic N) is 1. The monoisotopic (exact) mass is 218 g/mol. The number of likely N-dealkylation sites (N-methyl/N-ethyl adjacent to an activating group) is 1. The molecule has 1 saturated heterocycles. The molecule has 2 heteroatoms. The lowest BCUT2D eigenvalue weighted by Crippen LogP contribution is -2.25. The lowest BCUT2D eigenvalue weighted by atomic mass is 9.93. The Labute approximate surface area is 98.7 Å². The molecule has 88 valence electrons. The highest BCUT2D eigenvalue weighted by Gasteiger charge is 2.18. The Morgan fingerprint density at radius 3 is 2.94 bits per heavy atom. The van der Waals surface area contributed by atoms with Crippen molar-refractivity contribution < 1.29 is 0 Å². The summed E-state index contributed by atoms with van der Waals surface area (Å²) in [5, 5.41) is 3.53. The topological polar surface area (TPSA) is 15.3 Å². The lowest BCUT2D eigenvalue weighted by Gasteiger charge is -2.21. The standard InChI is InChI=1S/C14H22N2/c1-11-4-5-12(2)14(8-11)13-9-15-6-7-16(3)10-13/h4-5,8,13,15H,6-7,9-10H2,1-3H3. The summed E-state index contributed by atoms with van der Waals surface area (Å²) in [6, 6.07) is 6.79. The molecule has 0 saturated carbocycles. The molecular formula is C14H22N2. The van der Waals surface area contributed by atoms with Crippen LogP contribution < -0.4 is 5.32 Å². The molecule has 1 aliphatic heterocycles. The van der Waals surface area contributed by atoms with E-state index in [1.165, 1.54) is 16.7 Å². The average Bonchev–Trinajstić information content (AvgIpc) is 2.46. The molecule has 0 aromatic heterocycles. The number of aryl methyl sites for hydroxylation is 2. The maximum Gasteiger partial charge on any atom is 0.0104 e. The average molecular weight is 218 g/mol. The molecule has 1 aromatic carbocycles. The fourth-order valence-electron chi connectivity index (χ4n) is 2.49. The van der Waals surface area contributed by atoms with E-state index in [-0.39, 0.29) is 0 Å². The first kappa shape index (κ1) is 11.6. The molecule has 0 aliphatic carbocycles. The summed E-state index contributed by atoms with van der Waals surface area (Å²) in [7, 11) is 2.21. The van der Waals surface area contributed by atoms with Crippen LogP contribution in [0.2, 0.25) is 0 Å². The smallest absolute Gasteiger partial charge is 0.0104 e. The van der Waals surface area contributed by atoms with Gasteiger partial charge in [0.1, 0.15) is 0 Å². The van der Waals surface area contributed by atoms with E-state index in [4.69, 9.17) is 0 Å². The Balaban J connectivity index is 2.24. The van der Waals surface area contributed by atoms with Crippen molar-refractivity contribution in [1.82, 2.24) is 10.2 Å². The fourth-order valence-corrected chi connectivity index (χ4v) is 2.49. The quantitative estimate of drug-likeness (QED) is 0.775. The molecule has 0 radical (unpaired) electrons. The van der Waals surface area contributed by atoms with Crippen molar-refractivity contribution in [3.05, 3.63) is 34.9 Å². The van der Waals surface area contributed by atoms with Gasteiger partial charge in [0, 0.05) is 32.1 Å². The van der Waals surface area contributed by atoms with Crippen LogP contribution in [0.25, 0.3) is 0 Å². The predicted molar refractivity (Wildman–Crippen MR) is 69.0 cm³/mol. The highest BCUT2D eigenvalue weighted by Crippen LogP contribution is 2.22. The second-order valence-electron chi connectivity index (χ2n) is 5.02. The first-order chi connectivity index (χ1) is 7.66. The molecule has 1 aromatic rings. The zero-order valence-electron chi connectivity index (χ0n) is 10.6. The molecule has 0 bridgehead atoms. The largest absolute Gasteiger partial charge is 0.315 e. The van der Waals surface area contributed by atoms with Crippen molar-refractivity contribution in [2.45, 2.75) is 19.8 Å². The number of nitrogens with one attached hydrogen (secondary N) is 1. The molecule has 2 rings (SSSR count). The van der Waals surface area contributed by atoms with E-state index in [1.54, 1.807) is 0 Å². The van der Waals surface area contributed by atoms with Crippen LogP contribution in [0.3, 0.4) is 0 Å². The normalized spacial score (nSPS) is 23.1. The number of hydrogen-bond acceptors (Lipinski definition) is 2. The van der Waals surface area contributed by atoms with Crippen molar-refractivity contribution >= 4 is 0 Å². The Morgan fingerprint density at radius 2 is 2.12 bits per heavy atom. The summed E-state index contributed by atoms with van der Waals surface area (Å²) in [6.45, 7) is 8.93. The fraction of sp³-hybridized carbons (Fsp3) is 0.571. The van der Waals surface area contributed by atoms with Crippen LogP contribution in [0.5, 0.6) is 0 Å². The van der Waals surface area contributed by atoms with Gasteiger partial charge in [0.25, 0.3) is 0 Å².